The molecule has 0 radical (unpaired) electrons. The van der Waals surface area contributed by atoms with Crippen LogP contribution in [-0.4, -0.2) is 28.4 Å². The predicted octanol–water partition coefficient (Wildman–Crippen LogP) is 7.10. The van der Waals surface area contributed by atoms with Crippen molar-refractivity contribution >= 4 is 77.5 Å². The van der Waals surface area contributed by atoms with Gasteiger partial charge in [-0.15, -0.1) is 14.5 Å². The maximum absolute atomic E-state index is 11.5. The normalized spacial score (nSPS) is 11.8. The van der Waals surface area contributed by atoms with Crippen molar-refractivity contribution < 1.29 is 27.6 Å². The first-order valence-electron chi connectivity index (χ1n) is 11.9. The molecule has 0 aliphatic carbocycles. The zero-order valence-electron chi connectivity index (χ0n) is 20.5. The minimum Gasteiger partial charge on any atom is -0.338 e. The van der Waals surface area contributed by atoms with Gasteiger partial charge in [0.25, 0.3) is 10.1 Å². The Morgan fingerprint density at radius 1 is 0.675 bits per heavy atom. The van der Waals surface area contributed by atoms with Crippen molar-refractivity contribution in [2.45, 2.75) is 9.79 Å². The van der Waals surface area contributed by atoms with Gasteiger partial charge in [0.1, 0.15) is 0 Å². The van der Waals surface area contributed by atoms with Gasteiger partial charge in [0.2, 0.25) is 0 Å². The molecule has 200 valence electrons. The third kappa shape index (κ3) is 5.40. The van der Waals surface area contributed by atoms with Crippen molar-refractivity contribution in [2.24, 2.45) is 0 Å². The standard InChI is InChI=1S/C28H20N4O6S2/c33-37-38-39-23-11-7-17-13-21(9-5-19(17)15-23)29-27-25-3-1-2-4-26(25)28(32-31-27)30-22-10-6-20-16-24(40(34,35)36)12-8-18(20)14-22/h1-16,33H,(H,29,31)(H,30,32)(H,34,35,36). The van der Waals surface area contributed by atoms with E-state index in [1.54, 1.807) is 18.2 Å². The van der Waals surface area contributed by atoms with Crippen molar-refractivity contribution in [2.75, 3.05) is 10.6 Å². The molecule has 6 rings (SSSR count). The first-order chi connectivity index (χ1) is 19.4. The number of hydrogen-bond acceptors (Lipinski definition) is 10. The average Bonchev–Trinajstić information content (AvgIpc) is 2.96. The van der Waals surface area contributed by atoms with Crippen LogP contribution in [0.15, 0.2) is 107 Å². The molecule has 6 aromatic rings. The Bertz CT molecular complexity index is 2000. The van der Waals surface area contributed by atoms with Crippen molar-refractivity contribution in [3.8, 4) is 0 Å². The summed E-state index contributed by atoms with van der Waals surface area (Å²) in [6.45, 7) is 0. The van der Waals surface area contributed by atoms with Crippen LogP contribution in [0.4, 0.5) is 23.0 Å². The number of rotatable bonds is 8. The molecule has 1 aromatic heterocycles. The fourth-order valence-corrected chi connectivity index (χ4v) is 5.36. The number of anilines is 4. The summed E-state index contributed by atoms with van der Waals surface area (Å²) < 4.78 is 36.7. The largest absolute Gasteiger partial charge is 0.338 e. The summed E-state index contributed by atoms with van der Waals surface area (Å²) in [5.74, 6) is 1.16. The number of fused-ring (bicyclic) bond motifs is 3. The third-order valence-electron chi connectivity index (χ3n) is 6.29. The number of nitrogens with zero attached hydrogens (tertiary/aromatic N) is 2. The lowest BCUT2D eigenvalue weighted by atomic mass is 10.1. The van der Waals surface area contributed by atoms with E-state index in [1.807, 2.05) is 66.7 Å². The van der Waals surface area contributed by atoms with Crippen LogP contribution in [0.3, 0.4) is 0 Å². The summed E-state index contributed by atoms with van der Waals surface area (Å²) in [5.41, 5.74) is 1.58. The monoisotopic (exact) mass is 572 g/mol. The molecule has 0 atom stereocenters. The van der Waals surface area contributed by atoms with E-state index in [0.29, 0.717) is 17.0 Å². The summed E-state index contributed by atoms with van der Waals surface area (Å²) in [6, 6.07) is 29.2. The first kappa shape index (κ1) is 26.0. The van der Waals surface area contributed by atoms with Crippen LogP contribution in [-0.2, 0) is 19.5 Å². The van der Waals surface area contributed by atoms with Gasteiger partial charge in [-0.2, -0.15) is 8.42 Å². The van der Waals surface area contributed by atoms with Gasteiger partial charge in [-0.3, -0.25) is 4.55 Å². The van der Waals surface area contributed by atoms with Crippen LogP contribution in [0.2, 0.25) is 0 Å². The molecular formula is C28H20N4O6S2. The van der Waals surface area contributed by atoms with Crippen LogP contribution in [0.5, 0.6) is 0 Å². The summed E-state index contributed by atoms with van der Waals surface area (Å²) in [6.07, 6.45) is 0. The quantitative estimate of drug-likeness (QED) is 0.0642. The van der Waals surface area contributed by atoms with Crippen molar-refractivity contribution in [1.29, 1.82) is 0 Å². The highest BCUT2D eigenvalue weighted by Gasteiger charge is 2.12. The Labute approximate surface area is 232 Å². The molecule has 0 unspecified atom stereocenters. The fourth-order valence-electron chi connectivity index (χ4n) is 4.43. The predicted molar refractivity (Wildman–Crippen MR) is 154 cm³/mol. The lowest BCUT2D eigenvalue weighted by Gasteiger charge is -2.13. The number of nitrogens with one attached hydrogen (secondary N) is 2. The topological polar surface area (TPSA) is 143 Å². The van der Waals surface area contributed by atoms with Gasteiger partial charge < -0.3 is 10.6 Å². The van der Waals surface area contributed by atoms with E-state index >= 15 is 0 Å². The molecule has 40 heavy (non-hydrogen) atoms. The highest BCUT2D eigenvalue weighted by molar-refractivity contribution is 7.94. The lowest BCUT2D eigenvalue weighted by Crippen LogP contribution is -2.02. The minimum atomic E-state index is -4.28. The Hall–Kier alpha value is -4.30. The second kappa shape index (κ2) is 10.7. The molecular weight excluding hydrogens is 552 g/mol. The van der Waals surface area contributed by atoms with E-state index in [9.17, 15) is 13.0 Å². The van der Waals surface area contributed by atoms with Crippen LogP contribution in [0.25, 0.3) is 32.3 Å². The smallest absolute Gasteiger partial charge is 0.294 e. The maximum Gasteiger partial charge on any atom is 0.294 e. The first-order valence-corrected chi connectivity index (χ1v) is 14.0. The molecule has 0 amide bonds. The Morgan fingerprint density at radius 2 is 1.20 bits per heavy atom. The number of aromatic nitrogens is 2. The van der Waals surface area contributed by atoms with Crippen molar-refractivity contribution in [3.63, 3.8) is 0 Å². The Morgan fingerprint density at radius 3 is 1.77 bits per heavy atom. The second-order valence-corrected chi connectivity index (χ2v) is 11.0. The van der Waals surface area contributed by atoms with Gasteiger partial charge in [-0.25, -0.2) is 5.26 Å². The maximum atomic E-state index is 11.5. The summed E-state index contributed by atoms with van der Waals surface area (Å²) in [5, 5.41) is 32.8. The van der Waals surface area contributed by atoms with Crippen molar-refractivity contribution in [3.05, 3.63) is 97.1 Å². The summed E-state index contributed by atoms with van der Waals surface area (Å²) in [4.78, 5) is 0.620. The third-order valence-corrected chi connectivity index (χ3v) is 7.72. The summed E-state index contributed by atoms with van der Waals surface area (Å²) in [7, 11) is -4.28. The minimum absolute atomic E-state index is 0.154. The SMILES string of the molecule is O=S(=O)(O)c1ccc2cc(Nc3nnc(Nc4ccc5cc(SOOO)ccc5c4)c4ccccc34)ccc2c1. The van der Waals surface area contributed by atoms with Gasteiger partial charge >= 0.3 is 0 Å². The van der Waals surface area contributed by atoms with E-state index < -0.39 is 10.1 Å². The van der Waals surface area contributed by atoms with E-state index in [0.717, 1.165) is 55.2 Å². The Balaban J connectivity index is 1.28. The van der Waals surface area contributed by atoms with E-state index in [2.05, 4.69) is 30.2 Å². The summed E-state index contributed by atoms with van der Waals surface area (Å²) >= 11 is 0.904. The van der Waals surface area contributed by atoms with Gasteiger partial charge in [0.15, 0.2) is 11.6 Å². The molecule has 5 aromatic carbocycles. The van der Waals surface area contributed by atoms with Gasteiger partial charge in [0.05, 0.1) is 16.9 Å². The van der Waals surface area contributed by atoms with Gasteiger partial charge in [-0.1, -0.05) is 53.6 Å². The lowest BCUT2D eigenvalue weighted by molar-refractivity contribution is -0.432. The molecule has 0 saturated carbocycles. The van der Waals surface area contributed by atoms with Crippen LogP contribution < -0.4 is 10.6 Å². The molecule has 1 heterocycles. The number of hydrogen-bond donors (Lipinski definition) is 4. The van der Waals surface area contributed by atoms with E-state index in [4.69, 9.17) is 5.26 Å². The molecule has 0 saturated heterocycles. The molecule has 0 fully saturated rings. The van der Waals surface area contributed by atoms with Crippen LogP contribution in [0.1, 0.15) is 0 Å². The van der Waals surface area contributed by atoms with Crippen LogP contribution >= 0.6 is 12.0 Å². The van der Waals surface area contributed by atoms with E-state index in [1.165, 1.54) is 12.1 Å². The molecule has 12 heteroatoms. The average molecular weight is 573 g/mol. The van der Waals surface area contributed by atoms with Crippen molar-refractivity contribution in [1.82, 2.24) is 10.2 Å². The molecule has 10 nitrogen and oxygen atoms in total. The molecule has 0 spiro atoms. The highest BCUT2D eigenvalue weighted by atomic mass is 32.2. The number of benzene rings is 5. The molecule has 4 N–H and O–H groups in total. The second-order valence-electron chi connectivity index (χ2n) is 8.84. The zero-order chi connectivity index (χ0) is 27.7. The molecule has 0 aliphatic heterocycles. The van der Waals surface area contributed by atoms with Gasteiger partial charge in [-0.05, 0) is 70.1 Å². The molecule has 0 aliphatic rings. The fraction of sp³-hybridized carbons (Fsp3) is 0. The van der Waals surface area contributed by atoms with Gasteiger partial charge in [0, 0.05) is 27.0 Å². The van der Waals surface area contributed by atoms with E-state index in [-0.39, 0.29) is 4.90 Å². The highest BCUT2D eigenvalue weighted by Crippen LogP contribution is 2.32. The van der Waals surface area contributed by atoms with Crippen LogP contribution in [0, 0.1) is 0 Å². The Kier molecular flexibility index (Phi) is 6.94. The zero-order valence-corrected chi connectivity index (χ0v) is 22.1. The molecule has 0 bridgehead atoms.